The van der Waals surface area contributed by atoms with E-state index in [1.165, 1.54) is 6.42 Å². The first kappa shape index (κ1) is 10.4. The number of hydrogen-bond acceptors (Lipinski definition) is 3. The molecule has 1 saturated heterocycles. The van der Waals surface area contributed by atoms with Crippen LogP contribution in [-0.2, 0) is 6.42 Å². The van der Waals surface area contributed by atoms with Crippen molar-refractivity contribution in [3.05, 3.63) is 24.0 Å². The number of rotatable bonds is 4. The monoisotopic (exact) mass is 206 g/mol. The van der Waals surface area contributed by atoms with Crippen LogP contribution in [-0.4, -0.2) is 23.7 Å². The largest absolute Gasteiger partial charge is 0.487 e. The summed E-state index contributed by atoms with van der Waals surface area (Å²) in [5.41, 5.74) is 1.11. The number of aryl methyl sites for hydroxylation is 1. The van der Waals surface area contributed by atoms with Crippen LogP contribution in [0.15, 0.2) is 18.3 Å². The van der Waals surface area contributed by atoms with Crippen LogP contribution in [0.25, 0.3) is 0 Å². The second-order valence-electron chi connectivity index (χ2n) is 4.01. The topological polar surface area (TPSA) is 34.1 Å². The highest BCUT2D eigenvalue weighted by molar-refractivity contribution is 5.20. The molecule has 0 amide bonds. The fourth-order valence-corrected chi connectivity index (χ4v) is 1.70. The van der Waals surface area contributed by atoms with E-state index in [0.717, 1.165) is 24.4 Å². The van der Waals surface area contributed by atoms with Crippen molar-refractivity contribution in [2.75, 3.05) is 6.54 Å². The number of ether oxygens (including phenoxy) is 1. The minimum atomic E-state index is 0.230. The van der Waals surface area contributed by atoms with E-state index in [-0.39, 0.29) is 6.10 Å². The number of pyridine rings is 1. The molecule has 0 aromatic carbocycles. The summed E-state index contributed by atoms with van der Waals surface area (Å²) in [5, 5.41) is 3.34. The van der Waals surface area contributed by atoms with Crippen LogP contribution >= 0.6 is 0 Å². The second-order valence-corrected chi connectivity index (χ2v) is 4.01. The molecule has 1 N–H and O–H groups in total. The third kappa shape index (κ3) is 2.48. The lowest BCUT2D eigenvalue weighted by atomic mass is 10.0. The van der Waals surface area contributed by atoms with Gasteiger partial charge < -0.3 is 10.1 Å². The first-order valence-electron chi connectivity index (χ1n) is 5.64. The van der Waals surface area contributed by atoms with Crippen molar-refractivity contribution in [2.24, 2.45) is 0 Å². The van der Waals surface area contributed by atoms with Crippen LogP contribution in [0.1, 0.15) is 26.0 Å². The van der Waals surface area contributed by atoms with Gasteiger partial charge in [0.1, 0.15) is 11.9 Å². The summed E-state index contributed by atoms with van der Waals surface area (Å²) < 4.78 is 5.79. The van der Waals surface area contributed by atoms with Gasteiger partial charge in [-0.15, -0.1) is 0 Å². The summed E-state index contributed by atoms with van der Waals surface area (Å²) in [5.74, 6) is 0.869. The van der Waals surface area contributed by atoms with Gasteiger partial charge in [-0.2, -0.15) is 0 Å². The van der Waals surface area contributed by atoms with Gasteiger partial charge >= 0.3 is 0 Å². The van der Waals surface area contributed by atoms with Crippen LogP contribution in [0.3, 0.4) is 0 Å². The highest BCUT2D eigenvalue weighted by atomic mass is 16.5. The quantitative estimate of drug-likeness (QED) is 0.815. The van der Waals surface area contributed by atoms with Gasteiger partial charge in [0.25, 0.3) is 0 Å². The molecule has 3 nitrogen and oxygen atoms in total. The molecule has 0 radical (unpaired) electrons. The van der Waals surface area contributed by atoms with Crippen molar-refractivity contribution in [2.45, 2.75) is 38.8 Å². The van der Waals surface area contributed by atoms with Gasteiger partial charge in [-0.05, 0) is 38.4 Å². The second kappa shape index (κ2) is 4.62. The molecular weight excluding hydrogens is 188 g/mol. The Morgan fingerprint density at radius 3 is 2.87 bits per heavy atom. The molecule has 1 unspecified atom stereocenters. The van der Waals surface area contributed by atoms with E-state index in [2.05, 4.69) is 24.1 Å². The molecular formula is C12H18N2O. The van der Waals surface area contributed by atoms with E-state index in [0.29, 0.717) is 6.04 Å². The molecule has 0 aliphatic carbocycles. The van der Waals surface area contributed by atoms with Gasteiger partial charge in [0.15, 0.2) is 0 Å². The van der Waals surface area contributed by atoms with Gasteiger partial charge in [-0.25, -0.2) is 0 Å². The van der Waals surface area contributed by atoms with Crippen molar-refractivity contribution in [3.63, 3.8) is 0 Å². The molecule has 1 aromatic heterocycles. The Bertz CT molecular complexity index is 306. The lowest BCUT2D eigenvalue weighted by molar-refractivity contribution is 0.133. The average Bonchev–Trinajstić information content (AvgIpc) is 2.16. The predicted octanol–water partition coefficient (Wildman–Crippen LogP) is 1.77. The van der Waals surface area contributed by atoms with Crippen LogP contribution < -0.4 is 10.1 Å². The molecule has 1 fully saturated rings. The minimum absolute atomic E-state index is 0.230. The van der Waals surface area contributed by atoms with E-state index in [1.807, 2.05) is 18.3 Å². The predicted molar refractivity (Wildman–Crippen MR) is 60.1 cm³/mol. The molecule has 1 aliphatic heterocycles. The molecule has 1 aromatic rings. The Hall–Kier alpha value is -1.09. The fourth-order valence-electron chi connectivity index (χ4n) is 1.70. The zero-order valence-corrected chi connectivity index (χ0v) is 9.36. The molecule has 0 saturated carbocycles. The third-order valence-electron chi connectivity index (χ3n) is 2.91. The summed E-state index contributed by atoms with van der Waals surface area (Å²) in [4.78, 5) is 4.31. The van der Waals surface area contributed by atoms with E-state index >= 15 is 0 Å². The lowest BCUT2D eigenvalue weighted by Crippen LogP contribution is -2.51. The molecule has 2 rings (SSSR count). The normalized spacial score (nSPS) is 21.9. The minimum Gasteiger partial charge on any atom is -0.487 e. The first-order chi connectivity index (χ1) is 7.29. The molecule has 0 spiro atoms. The van der Waals surface area contributed by atoms with Crippen molar-refractivity contribution < 1.29 is 4.74 Å². The lowest BCUT2D eigenvalue weighted by Gasteiger charge is -2.33. The maximum Gasteiger partial charge on any atom is 0.138 e. The molecule has 1 aliphatic rings. The molecule has 15 heavy (non-hydrogen) atoms. The Balaban J connectivity index is 1.91. The zero-order chi connectivity index (χ0) is 10.7. The van der Waals surface area contributed by atoms with Crippen LogP contribution in [0, 0.1) is 0 Å². The highest BCUT2D eigenvalue weighted by Gasteiger charge is 2.24. The SMILES string of the molecule is CCc1ccc(OC(C)[C@@H]2CCN2)cn1. The van der Waals surface area contributed by atoms with Gasteiger partial charge in [0.05, 0.1) is 6.20 Å². The van der Waals surface area contributed by atoms with Gasteiger partial charge in [0.2, 0.25) is 0 Å². The summed E-state index contributed by atoms with van der Waals surface area (Å²) in [6.45, 7) is 5.32. The zero-order valence-electron chi connectivity index (χ0n) is 9.36. The van der Waals surface area contributed by atoms with E-state index in [1.54, 1.807) is 0 Å². The summed E-state index contributed by atoms with van der Waals surface area (Å²) >= 11 is 0. The Morgan fingerprint density at radius 1 is 1.60 bits per heavy atom. The summed E-state index contributed by atoms with van der Waals surface area (Å²) in [6, 6.07) is 4.54. The summed E-state index contributed by atoms with van der Waals surface area (Å²) in [7, 11) is 0. The van der Waals surface area contributed by atoms with Gasteiger partial charge in [-0.1, -0.05) is 6.92 Å². The highest BCUT2D eigenvalue weighted by Crippen LogP contribution is 2.16. The smallest absolute Gasteiger partial charge is 0.138 e. The Kier molecular flexibility index (Phi) is 3.21. The van der Waals surface area contributed by atoms with Gasteiger partial charge in [0, 0.05) is 11.7 Å². The van der Waals surface area contributed by atoms with Crippen molar-refractivity contribution in [3.8, 4) is 5.75 Å². The number of nitrogens with zero attached hydrogens (tertiary/aromatic N) is 1. The standard InChI is InChI=1S/C12H18N2O/c1-3-10-4-5-11(8-14-10)15-9(2)12-6-7-13-12/h4-5,8-9,12-13H,3,6-7H2,1-2H3/t9?,12-/m0/s1. The Morgan fingerprint density at radius 2 is 2.40 bits per heavy atom. The van der Waals surface area contributed by atoms with Gasteiger partial charge in [-0.3, -0.25) is 4.98 Å². The first-order valence-corrected chi connectivity index (χ1v) is 5.64. The number of hydrogen-bond donors (Lipinski definition) is 1. The van der Waals surface area contributed by atoms with Crippen LogP contribution in [0.2, 0.25) is 0 Å². The molecule has 2 heterocycles. The maximum absolute atomic E-state index is 5.79. The van der Waals surface area contributed by atoms with Crippen LogP contribution in [0.4, 0.5) is 0 Å². The van der Waals surface area contributed by atoms with E-state index < -0.39 is 0 Å². The molecule has 0 bridgehead atoms. The van der Waals surface area contributed by atoms with Crippen molar-refractivity contribution in [1.82, 2.24) is 10.3 Å². The summed E-state index contributed by atoms with van der Waals surface area (Å²) in [6.07, 6.45) is 4.23. The van der Waals surface area contributed by atoms with E-state index in [9.17, 15) is 0 Å². The molecule has 3 heteroatoms. The Labute approximate surface area is 90.9 Å². The average molecular weight is 206 g/mol. The number of aromatic nitrogens is 1. The van der Waals surface area contributed by atoms with Crippen LogP contribution in [0.5, 0.6) is 5.75 Å². The fraction of sp³-hybridized carbons (Fsp3) is 0.583. The molecule has 2 atom stereocenters. The van der Waals surface area contributed by atoms with E-state index in [4.69, 9.17) is 4.74 Å². The van der Waals surface area contributed by atoms with Crippen molar-refractivity contribution >= 4 is 0 Å². The van der Waals surface area contributed by atoms with Crippen molar-refractivity contribution in [1.29, 1.82) is 0 Å². The maximum atomic E-state index is 5.79. The number of nitrogens with one attached hydrogen (secondary N) is 1. The molecule has 82 valence electrons. The third-order valence-corrected chi connectivity index (χ3v) is 2.91.